The van der Waals surface area contributed by atoms with Crippen LogP contribution in [0.25, 0.3) is 0 Å². The third kappa shape index (κ3) is 4.91. The SMILES string of the molecule is O=C(Nc1ccc(Cl)cc1C(F)(F)F)[C@@H]1CCCN(S(=O)(=O)c2ccccc2)C1. The molecule has 1 atom stereocenters. The molecule has 0 bridgehead atoms. The van der Waals surface area contributed by atoms with Gasteiger partial charge in [0.05, 0.1) is 22.1 Å². The largest absolute Gasteiger partial charge is 0.418 e. The molecular weight excluding hydrogens is 429 g/mol. The van der Waals surface area contributed by atoms with Gasteiger partial charge < -0.3 is 5.32 Å². The molecule has 3 rings (SSSR count). The molecule has 0 unspecified atom stereocenters. The van der Waals surface area contributed by atoms with Gasteiger partial charge in [-0.25, -0.2) is 8.42 Å². The highest BCUT2D eigenvalue weighted by Crippen LogP contribution is 2.37. The normalized spacial score (nSPS) is 18.4. The summed E-state index contributed by atoms with van der Waals surface area (Å²) in [6.07, 6.45) is -3.89. The van der Waals surface area contributed by atoms with E-state index < -0.39 is 39.3 Å². The molecule has 156 valence electrons. The first-order valence-corrected chi connectivity index (χ1v) is 10.6. The number of halogens is 4. The minimum absolute atomic E-state index is 0.0992. The lowest BCUT2D eigenvalue weighted by Crippen LogP contribution is -2.43. The molecule has 0 aliphatic carbocycles. The van der Waals surface area contributed by atoms with Crippen LogP contribution in [0.5, 0.6) is 0 Å². The molecule has 1 aliphatic rings. The van der Waals surface area contributed by atoms with Gasteiger partial charge >= 0.3 is 6.18 Å². The van der Waals surface area contributed by atoms with E-state index in [9.17, 15) is 26.4 Å². The maximum absolute atomic E-state index is 13.2. The molecule has 1 amide bonds. The van der Waals surface area contributed by atoms with Gasteiger partial charge in [-0.1, -0.05) is 29.8 Å². The summed E-state index contributed by atoms with van der Waals surface area (Å²) < 4.78 is 66.4. The number of carbonyl (C=O) groups excluding carboxylic acids is 1. The number of carbonyl (C=O) groups is 1. The van der Waals surface area contributed by atoms with Crippen molar-refractivity contribution in [1.29, 1.82) is 0 Å². The van der Waals surface area contributed by atoms with Crippen LogP contribution in [0.3, 0.4) is 0 Å². The molecule has 10 heteroatoms. The molecule has 1 fully saturated rings. The molecule has 1 saturated heterocycles. The number of nitrogens with zero attached hydrogens (tertiary/aromatic N) is 1. The topological polar surface area (TPSA) is 66.5 Å². The molecule has 29 heavy (non-hydrogen) atoms. The van der Waals surface area contributed by atoms with Crippen molar-refractivity contribution < 1.29 is 26.4 Å². The summed E-state index contributed by atoms with van der Waals surface area (Å²) in [5.41, 5.74) is -1.46. The molecular formula is C19H18ClF3N2O3S. The van der Waals surface area contributed by atoms with E-state index >= 15 is 0 Å². The highest BCUT2D eigenvalue weighted by atomic mass is 35.5. The number of anilines is 1. The lowest BCUT2D eigenvalue weighted by Gasteiger charge is -2.31. The van der Waals surface area contributed by atoms with Crippen molar-refractivity contribution in [2.24, 2.45) is 5.92 Å². The van der Waals surface area contributed by atoms with Crippen LogP contribution in [0.15, 0.2) is 53.4 Å². The number of hydrogen-bond donors (Lipinski definition) is 1. The quantitative estimate of drug-likeness (QED) is 0.757. The Bertz CT molecular complexity index is 998. The summed E-state index contributed by atoms with van der Waals surface area (Å²) in [6, 6.07) is 10.9. The van der Waals surface area contributed by atoms with Crippen molar-refractivity contribution in [3.05, 3.63) is 59.1 Å². The maximum atomic E-state index is 13.2. The lowest BCUT2D eigenvalue weighted by atomic mass is 9.98. The summed E-state index contributed by atoms with van der Waals surface area (Å²) in [4.78, 5) is 12.7. The number of benzene rings is 2. The van der Waals surface area contributed by atoms with Gasteiger partial charge in [0.2, 0.25) is 15.9 Å². The highest BCUT2D eigenvalue weighted by Gasteiger charge is 2.36. The second kappa shape index (κ2) is 8.33. The van der Waals surface area contributed by atoms with Crippen molar-refractivity contribution in [1.82, 2.24) is 4.31 Å². The molecule has 1 N–H and O–H groups in total. The summed E-state index contributed by atoms with van der Waals surface area (Å²) in [5, 5.41) is 2.18. The third-order valence-corrected chi connectivity index (χ3v) is 6.80. The number of rotatable bonds is 4. The van der Waals surface area contributed by atoms with E-state index in [0.29, 0.717) is 12.8 Å². The first kappa shape index (κ1) is 21.6. The predicted molar refractivity (Wildman–Crippen MR) is 103 cm³/mol. The molecule has 0 spiro atoms. The van der Waals surface area contributed by atoms with Gasteiger partial charge in [0.15, 0.2) is 0 Å². The number of amides is 1. The Morgan fingerprint density at radius 1 is 1.14 bits per heavy atom. The van der Waals surface area contributed by atoms with E-state index in [1.165, 1.54) is 22.5 Å². The summed E-state index contributed by atoms with van der Waals surface area (Å²) in [5.74, 6) is -1.43. The van der Waals surface area contributed by atoms with Crippen LogP contribution in [-0.4, -0.2) is 31.7 Å². The monoisotopic (exact) mass is 446 g/mol. The van der Waals surface area contributed by atoms with Crippen LogP contribution in [0, 0.1) is 5.92 Å². The number of alkyl halides is 3. The minimum atomic E-state index is -4.69. The van der Waals surface area contributed by atoms with E-state index in [1.807, 2.05) is 0 Å². The Hall–Kier alpha value is -2.10. The molecule has 0 aromatic heterocycles. The average Bonchev–Trinajstić information content (AvgIpc) is 2.69. The molecule has 2 aromatic carbocycles. The van der Waals surface area contributed by atoms with Crippen LogP contribution in [0.1, 0.15) is 18.4 Å². The predicted octanol–water partition coefficient (Wildman–Crippen LogP) is 4.40. The maximum Gasteiger partial charge on any atom is 0.418 e. The van der Waals surface area contributed by atoms with Crippen molar-refractivity contribution in [2.75, 3.05) is 18.4 Å². The molecule has 5 nitrogen and oxygen atoms in total. The fourth-order valence-corrected chi connectivity index (χ4v) is 4.93. The molecule has 1 aliphatic heterocycles. The zero-order chi connectivity index (χ0) is 21.2. The van der Waals surface area contributed by atoms with Crippen molar-refractivity contribution in [3.63, 3.8) is 0 Å². The van der Waals surface area contributed by atoms with Crippen LogP contribution < -0.4 is 5.32 Å². The number of hydrogen-bond acceptors (Lipinski definition) is 3. The second-order valence-electron chi connectivity index (χ2n) is 6.69. The van der Waals surface area contributed by atoms with Crippen LogP contribution in [0.2, 0.25) is 5.02 Å². The first-order chi connectivity index (χ1) is 13.6. The van der Waals surface area contributed by atoms with Gasteiger partial charge in [-0.15, -0.1) is 0 Å². The standard InChI is InChI=1S/C19H18ClF3N2O3S/c20-14-8-9-17(16(11-14)19(21,22)23)24-18(26)13-5-4-10-25(12-13)29(27,28)15-6-2-1-3-7-15/h1-3,6-9,11,13H,4-5,10,12H2,(H,24,26)/t13-/m1/s1. The lowest BCUT2D eigenvalue weighted by molar-refractivity contribution is -0.137. The summed E-state index contributed by atoms with van der Waals surface area (Å²) in [6.45, 7) is 0.147. The molecule has 1 heterocycles. The van der Waals surface area contributed by atoms with E-state index in [2.05, 4.69) is 5.32 Å². The Balaban J connectivity index is 1.78. The van der Waals surface area contributed by atoms with Crippen LogP contribution in [0.4, 0.5) is 18.9 Å². The smallest absolute Gasteiger partial charge is 0.325 e. The number of piperidine rings is 1. The van der Waals surface area contributed by atoms with E-state index in [4.69, 9.17) is 11.6 Å². The Morgan fingerprint density at radius 2 is 1.83 bits per heavy atom. The zero-order valence-electron chi connectivity index (χ0n) is 15.1. The second-order valence-corrected chi connectivity index (χ2v) is 9.07. The molecule has 2 aromatic rings. The van der Waals surface area contributed by atoms with Gasteiger partial charge in [0.1, 0.15) is 0 Å². The first-order valence-electron chi connectivity index (χ1n) is 8.82. The van der Waals surface area contributed by atoms with Crippen molar-refractivity contribution >= 4 is 33.2 Å². The Morgan fingerprint density at radius 3 is 2.48 bits per heavy atom. The number of sulfonamides is 1. The van der Waals surface area contributed by atoms with Crippen LogP contribution in [-0.2, 0) is 21.0 Å². The summed E-state index contributed by atoms with van der Waals surface area (Å²) >= 11 is 5.65. The van der Waals surface area contributed by atoms with Gasteiger partial charge in [0.25, 0.3) is 0 Å². The van der Waals surface area contributed by atoms with E-state index in [1.54, 1.807) is 18.2 Å². The number of nitrogens with one attached hydrogen (secondary N) is 1. The van der Waals surface area contributed by atoms with Gasteiger partial charge in [-0.2, -0.15) is 17.5 Å². The van der Waals surface area contributed by atoms with Crippen molar-refractivity contribution in [3.8, 4) is 0 Å². The van der Waals surface area contributed by atoms with E-state index in [-0.39, 0.29) is 23.0 Å². The molecule has 0 saturated carbocycles. The molecule has 0 radical (unpaired) electrons. The Labute approximate surface area is 171 Å². The fourth-order valence-electron chi connectivity index (χ4n) is 3.21. The zero-order valence-corrected chi connectivity index (χ0v) is 16.7. The minimum Gasteiger partial charge on any atom is -0.325 e. The summed E-state index contributed by atoms with van der Waals surface area (Å²) in [7, 11) is -3.78. The van der Waals surface area contributed by atoms with Gasteiger partial charge in [0, 0.05) is 18.1 Å². The fraction of sp³-hybridized carbons (Fsp3) is 0.316. The highest BCUT2D eigenvalue weighted by molar-refractivity contribution is 7.89. The van der Waals surface area contributed by atoms with Gasteiger partial charge in [-0.3, -0.25) is 4.79 Å². The Kier molecular flexibility index (Phi) is 6.21. The van der Waals surface area contributed by atoms with Gasteiger partial charge in [-0.05, 0) is 43.2 Å². The van der Waals surface area contributed by atoms with Crippen molar-refractivity contribution in [2.45, 2.75) is 23.9 Å². The van der Waals surface area contributed by atoms with E-state index in [0.717, 1.165) is 12.1 Å². The van der Waals surface area contributed by atoms with Crippen LogP contribution >= 0.6 is 11.6 Å². The average molecular weight is 447 g/mol. The third-order valence-electron chi connectivity index (χ3n) is 4.68.